The molecular weight excluding hydrogens is 407 g/mol. The lowest BCUT2D eigenvalue weighted by molar-refractivity contribution is -0.137. The Hall–Kier alpha value is -1.03. The van der Waals surface area contributed by atoms with Crippen LogP contribution >= 0.6 is 23.2 Å². The topological polar surface area (TPSA) is 57.5 Å². The van der Waals surface area contributed by atoms with E-state index in [0.717, 1.165) is 50.5 Å². The predicted octanol–water partition coefficient (Wildman–Crippen LogP) is 6.82. The van der Waals surface area contributed by atoms with Crippen LogP contribution in [0.2, 0.25) is 0 Å². The summed E-state index contributed by atoms with van der Waals surface area (Å²) >= 11 is 13.3. The second kappa shape index (κ2) is 12.6. The van der Waals surface area contributed by atoms with Crippen LogP contribution in [0, 0.1) is 5.92 Å². The molecule has 162 valence electrons. The standard InChI is InChI=1S/C24H34Cl2O3/c1-2-3-6-10-22(27)17-12-14-18(15-13-17)24-19(20(25)16-21(24)26)9-7-4-5-8-11-23(28)29/h4,7,12-15,19-22,24,27H,2-3,5-6,8-11,16H2,1H3,(H,28,29)/t19-,20+,21?,22?,24?/m0/s1. The van der Waals surface area contributed by atoms with Gasteiger partial charge in [0.25, 0.3) is 0 Å². The van der Waals surface area contributed by atoms with Gasteiger partial charge < -0.3 is 10.2 Å². The maximum atomic E-state index is 10.6. The molecule has 2 rings (SSSR count). The van der Waals surface area contributed by atoms with Gasteiger partial charge >= 0.3 is 5.97 Å². The normalized spacial score (nSPS) is 25.5. The van der Waals surface area contributed by atoms with Crippen molar-refractivity contribution in [3.8, 4) is 0 Å². The molecule has 0 radical (unpaired) electrons. The van der Waals surface area contributed by atoms with Crippen molar-refractivity contribution < 1.29 is 15.0 Å². The van der Waals surface area contributed by atoms with Crippen molar-refractivity contribution in [1.82, 2.24) is 0 Å². The summed E-state index contributed by atoms with van der Waals surface area (Å²) in [6, 6.07) is 8.24. The second-order valence-corrected chi connectivity index (χ2v) is 9.25. The van der Waals surface area contributed by atoms with Crippen LogP contribution in [-0.4, -0.2) is 26.9 Å². The Morgan fingerprint density at radius 3 is 2.52 bits per heavy atom. The smallest absolute Gasteiger partial charge is 0.303 e. The minimum Gasteiger partial charge on any atom is -0.481 e. The zero-order valence-corrected chi connectivity index (χ0v) is 18.8. The highest BCUT2D eigenvalue weighted by molar-refractivity contribution is 6.25. The van der Waals surface area contributed by atoms with Crippen LogP contribution in [0.15, 0.2) is 36.4 Å². The van der Waals surface area contributed by atoms with E-state index in [9.17, 15) is 9.90 Å². The number of carbonyl (C=O) groups is 1. The van der Waals surface area contributed by atoms with E-state index in [0.29, 0.717) is 6.42 Å². The largest absolute Gasteiger partial charge is 0.481 e. The number of halogens is 2. The van der Waals surface area contributed by atoms with Gasteiger partial charge in [-0.3, -0.25) is 4.79 Å². The van der Waals surface area contributed by atoms with Crippen LogP contribution in [0.3, 0.4) is 0 Å². The van der Waals surface area contributed by atoms with Crippen molar-refractivity contribution in [2.45, 2.75) is 87.5 Å². The highest BCUT2D eigenvalue weighted by Gasteiger charge is 2.41. The maximum absolute atomic E-state index is 10.6. The number of aliphatic hydroxyl groups excluding tert-OH is 1. The van der Waals surface area contributed by atoms with E-state index in [1.54, 1.807) is 0 Å². The van der Waals surface area contributed by atoms with Crippen molar-refractivity contribution in [3.63, 3.8) is 0 Å². The third kappa shape index (κ3) is 7.62. The fourth-order valence-corrected chi connectivity index (χ4v) is 5.28. The van der Waals surface area contributed by atoms with E-state index < -0.39 is 12.1 Å². The van der Waals surface area contributed by atoms with Crippen molar-refractivity contribution in [2.75, 3.05) is 0 Å². The summed E-state index contributed by atoms with van der Waals surface area (Å²) in [6.07, 6.45) is 11.2. The van der Waals surface area contributed by atoms with Gasteiger partial charge in [0, 0.05) is 23.1 Å². The molecule has 2 N–H and O–H groups in total. The van der Waals surface area contributed by atoms with Gasteiger partial charge in [0.05, 0.1) is 6.10 Å². The lowest BCUT2D eigenvalue weighted by Crippen LogP contribution is -2.16. The molecule has 1 aliphatic rings. The number of aliphatic carboxylic acids is 1. The average Bonchev–Trinajstić information content (AvgIpc) is 2.97. The van der Waals surface area contributed by atoms with E-state index in [4.69, 9.17) is 28.3 Å². The molecule has 5 heteroatoms. The van der Waals surface area contributed by atoms with Crippen LogP contribution in [0.25, 0.3) is 0 Å². The number of allylic oxidation sites excluding steroid dienone is 2. The number of alkyl halides is 2. The van der Waals surface area contributed by atoms with E-state index >= 15 is 0 Å². The SMILES string of the molecule is CCCCCC(O)c1ccc(C2C(Cl)C[C@@H](Cl)[C@@H]2CC=CCCCC(=O)O)cc1. The number of rotatable bonds is 12. The molecule has 0 saturated heterocycles. The molecule has 0 aromatic heterocycles. The number of aliphatic hydroxyl groups is 1. The average molecular weight is 441 g/mol. The van der Waals surface area contributed by atoms with Gasteiger partial charge in [0.2, 0.25) is 0 Å². The third-order valence-corrected chi connectivity index (χ3v) is 6.84. The highest BCUT2D eigenvalue weighted by atomic mass is 35.5. The molecule has 5 atom stereocenters. The first-order valence-electron chi connectivity index (χ1n) is 10.9. The summed E-state index contributed by atoms with van der Waals surface area (Å²) < 4.78 is 0. The first-order valence-corrected chi connectivity index (χ1v) is 11.7. The molecule has 0 aliphatic heterocycles. The van der Waals surface area contributed by atoms with Crippen molar-refractivity contribution in [2.24, 2.45) is 5.92 Å². The van der Waals surface area contributed by atoms with Crippen LogP contribution in [0.5, 0.6) is 0 Å². The number of benzene rings is 1. The van der Waals surface area contributed by atoms with Gasteiger partial charge in [0.15, 0.2) is 0 Å². The Morgan fingerprint density at radius 1 is 1.14 bits per heavy atom. The van der Waals surface area contributed by atoms with E-state index in [2.05, 4.69) is 31.2 Å². The molecule has 1 aliphatic carbocycles. The summed E-state index contributed by atoms with van der Waals surface area (Å²) in [7, 11) is 0. The quantitative estimate of drug-likeness (QED) is 0.213. The van der Waals surface area contributed by atoms with Gasteiger partial charge in [-0.25, -0.2) is 0 Å². The Kier molecular flexibility index (Phi) is 10.5. The molecule has 29 heavy (non-hydrogen) atoms. The van der Waals surface area contributed by atoms with Gasteiger partial charge in [0.1, 0.15) is 0 Å². The zero-order valence-electron chi connectivity index (χ0n) is 17.3. The summed E-state index contributed by atoms with van der Waals surface area (Å²) in [5.74, 6) is -0.302. The number of hydrogen-bond donors (Lipinski definition) is 2. The molecule has 0 amide bonds. The monoisotopic (exact) mass is 440 g/mol. The molecular formula is C24H34Cl2O3. The van der Waals surface area contributed by atoms with Crippen LogP contribution in [0.4, 0.5) is 0 Å². The molecule has 1 saturated carbocycles. The van der Waals surface area contributed by atoms with Crippen molar-refractivity contribution in [1.29, 1.82) is 0 Å². The molecule has 0 spiro atoms. The van der Waals surface area contributed by atoms with E-state index in [-0.39, 0.29) is 29.0 Å². The van der Waals surface area contributed by atoms with Gasteiger partial charge in [-0.1, -0.05) is 62.6 Å². The molecule has 0 heterocycles. The summed E-state index contributed by atoms with van der Waals surface area (Å²) in [5, 5.41) is 19.1. The molecule has 1 aromatic carbocycles. The minimum absolute atomic E-state index is 0.00300. The first-order chi connectivity index (χ1) is 13.9. The molecule has 3 nitrogen and oxygen atoms in total. The number of carboxylic acids is 1. The Morgan fingerprint density at radius 2 is 1.86 bits per heavy atom. The van der Waals surface area contributed by atoms with Crippen molar-refractivity contribution >= 4 is 29.2 Å². The maximum Gasteiger partial charge on any atom is 0.303 e. The molecule has 0 bridgehead atoms. The first kappa shape index (κ1) is 24.2. The Bertz CT molecular complexity index is 644. The lowest BCUT2D eigenvalue weighted by atomic mass is 9.85. The van der Waals surface area contributed by atoms with Gasteiger partial charge in [-0.15, -0.1) is 23.2 Å². The lowest BCUT2D eigenvalue weighted by Gasteiger charge is -2.23. The number of carboxylic acid groups (broad SMARTS) is 1. The third-order valence-electron chi connectivity index (χ3n) is 5.89. The molecule has 3 unspecified atom stereocenters. The predicted molar refractivity (Wildman–Crippen MR) is 121 cm³/mol. The van der Waals surface area contributed by atoms with Crippen LogP contribution in [0.1, 0.15) is 87.9 Å². The van der Waals surface area contributed by atoms with Gasteiger partial charge in [-0.2, -0.15) is 0 Å². The number of hydrogen-bond acceptors (Lipinski definition) is 2. The fraction of sp³-hybridized carbons (Fsp3) is 0.625. The van der Waals surface area contributed by atoms with E-state index in [1.807, 2.05) is 12.1 Å². The second-order valence-electron chi connectivity index (χ2n) is 8.13. The molecule has 1 fully saturated rings. The summed E-state index contributed by atoms with van der Waals surface area (Å²) in [6.45, 7) is 2.16. The number of unbranched alkanes of at least 4 members (excludes halogenated alkanes) is 3. The van der Waals surface area contributed by atoms with Crippen LogP contribution < -0.4 is 0 Å². The van der Waals surface area contributed by atoms with Gasteiger partial charge in [-0.05, 0) is 49.1 Å². The van der Waals surface area contributed by atoms with Crippen molar-refractivity contribution in [3.05, 3.63) is 47.5 Å². The fourth-order valence-electron chi connectivity index (χ4n) is 4.22. The summed E-state index contributed by atoms with van der Waals surface area (Å²) in [4.78, 5) is 10.6. The van der Waals surface area contributed by atoms with E-state index in [1.165, 1.54) is 5.56 Å². The summed E-state index contributed by atoms with van der Waals surface area (Å²) in [5.41, 5.74) is 2.15. The molecule has 1 aromatic rings. The zero-order chi connectivity index (χ0) is 21.2. The minimum atomic E-state index is -0.751. The Balaban J connectivity index is 1.96. The Labute approximate surface area is 185 Å². The van der Waals surface area contributed by atoms with Crippen LogP contribution in [-0.2, 0) is 4.79 Å². The highest BCUT2D eigenvalue weighted by Crippen LogP contribution is 2.47.